The molecule has 0 bridgehead atoms. The van der Waals surface area contributed by atoms with E-state index in [4.69, 9.17) is 23.7 Å². The average Bonchev–Trinajstić information content (AvgIpc) is 3.52. The molecule has 1 spiro atoms. The number of rotatable bonds is 7. The standard InChI is InChI=1S/C29H26O9/c30-22-17-36-29(33)26(22)37-27(32)28(29)21(14-25(31)38-28)20-11-12-23(34-15-18-7-3-1-4-8-18)24(13-20)35-16-19-9-5-2-6-10-19/h1-13,21-22,26,30,33H,14-17H2/t21-,22+,26-,28-,29+/m1/s1. The molecule has 0 aromatic heterocycles. The van der Waals surface area contributed by atoms with E-state index in [1.807, 2.05) is 60.7 Å². The summed E-state index contributed by atoms with van der Waals surface area (Å²) >= 11 is 0. The molecule has 9 heteroatoms. The van der Waals surface area contributed by atoms with Gasteiger partial charge in [0.15, 0.2) is 17.6 Å². The topological polar surface area (TPSA) is 121 Å². The van der Waals surface area contributed by atoms with Crippen LogP contribution in [-0.2, 0) is 37.0 Å². The first-order chi connectivity index (χ1) is 18.4. The van der Waals surface area contributed by atoms with Crippen LogP contribution in [0.1, 0.15) is 29.0 Å². The molecule has 9 nitrogen and oxygen atoms in total. The highest BCUT2D eigenvalue weighted by Crippen LogP contribution is 2.56. The fourth-order valence-electron chi connectivity index (χ4n) is 5.37. The largest absolute Gasteiger partial charge is 0.485 e. The van der Waals surface area contributed by atoms with Crippen molar-refractivity contribution in [2.24, 2.45) is 0 Å². The highest BCUT2D eigenvalue weighted by molar-refractivity contribution is 5.92. The van der Waals surface area contributed by atoms with Crippen LogP contribution in [0.5, 0.6) is 11.5 Å². The number of aliphatic hydroxyl groups is 2. The predicted octanol–water partition coefficient (Wildman–Crippen LogP) is 2.62. The van der Waals surface area contributed by atoms with Crippen LogP contribution in [0.2, 0.25) is 0 Å². The second-order valence-electron chi connectivity index (χ2n) is 9.62. The summed E-state index contributed by atoms with van der Waals surface area (Å²) < 4.78 is 28.4. The van der Waals surface area contributed by atoms with Crippen LogP contribution in [0.3, 0.4) is 0 Å². The number of carbonyl (C=O) groups is 2. The Labute approximate surface area is 218 Å². The number of benzene rings is 3. The Kier molecular flexibility index (Phi) is 6.06. The van der Waals surface area contributed by atoms with Gasteiger partial charge in [-0.15, -0.1) is 0 Å². The minimum absolute atomic E-state index is 0.202. The van der Waals surface area contributed by atoms with Gasteiger partial charge in [0.05, 0.1) is 18.9 Å². The van der Waals surface area contributed by atoms with Crippen LogP contribution in [0, 0.1) is 0 Å². The molecule has 3 heterocycles. The van der Waals surface area contributed by atoms with Gasteiger partial charge in [-0.1, -0.05) is 66.7 Å². The number of carbonyl (C=O) groups excluding carboxylic acids is 2. The number of hydrogen-bond acceptors (Lipinski definition) is 9. The first-order valence-corrected chi connectivity index (χ1v) is 12.4. The molecule has 0 aliphatic carbocycles. The van der Waals surface area contributed by atoms with Gasteiger partial charge in [0.2, 0.25) is 0 Å². The number of ether oxygens (including phenoxy) is 5. The van der Waals surface area contributed by atoms with Crippen molar-refractivity contribution in [3.05, 3.63) is 95.6 Å². The highest BCUT2D eigenvalue weighted by atomic mass is 16.7. The zero-order valence-corrected chi connectivity index (χ0v) is 20.3. The van der Waals surface area contributed by atoms with Gasteiger partial charge in [-0.25, -0.2) is 4.79 Å². The number of fused-ring (bicyclic) bond motifs is 2. The third-order valence-corrected chi connectivity index (χ3v) is 7.26. The third kappa shape index (κ3) is 3.91. The van der Waals surface area contributed by atoms with Gasteiger partial charge in [-0.05, 0) is 28.8 Å². The maximum absolute atomic E-state index is 13.1. The molecular weight excluding hydrogens is 492 g/mol. The molecule has 0 unspecified atom stereocenters. The van der Waals surface area contributed by atoms with Gasteiger partial charge < -0.3 is 33.9 Å². The van der Waals surface area contributed by atoms with Gasteiger partial charge in [-0.3, -0.25) is 4.79 Å². The average molecular weight is 519 g/mol. The Morgan fingerprint density at radius 1 is 0.868 bits per heavy atom. The number of aliphatic hydroxyl groups excluding tert-OH is 1. The lowest BCUT2D eigenvalue weighted by atomic mass is 9.76. The van der Waals surface area contributed by atoms with Crippen molar-refractivity contribution in [2.75, 3.05) is 6.61 Å². The summed E-state index contributed by atoms with van der Waals surface area (Å²) in [5.74, 6) is -4.08. The van der Waals surface area contributed by atoms with E-state index in [0.717, 1.165) is 11.1 Å². The van der Waals surface area contributed by atoms with Crippen molar-refractivity contribution in [3.63, 3.8) is 0 Å². The summed E-state index contributed by atoms with van der Waals surface area (Å²) in [6.07, 6.45) is -2.82. The normalized spacial score (nSPS) is 29.7. The predicted molar refractivity (Wildman–Crippen MR) is 131 cm³/mol. The molecule has 3 fully saturated rings. The quantitative estimate of drug-likeness (QED) is 0.455. The molecule has 2 N–H and O–H groups in total. The number of hydrogen-bond donors (Lipinski definition) is 2. The summed E-state index contributed by atoms with van der Waals surface area (Å²) in [5.41, 5.74) is 0.239. The molecule has 196 valence electrons. The fourth-order valence-corrected chi connectivity index (χ4v) is 5.37. The van der Waals surface area contributed by atoms with E-state index in [-0.39, 0.29) is 19.6 Å². The molecule has 3 aliphatic heterocycles. The molecule has 3 aliphatic rings. The van der Waals surface area contributed by atoms with Gasteiger partial charge in [0.25, 0.3) is 11.4 Å². The molecule has 0 saturated carbocycles. The van der Waals surface area contributed by atoms with Gasteiger partial charge >= 0.3 is 11.9 Å². The Morgan fingerprint density at radius 3 is 2.16 bits per heavy atom. The number of esters is 2. The molecule has 38 heavy (non-hydrogen) atoms. The van der Waals surface area contributed by atoms with Crippen LogP contribution < -0.4 is 9.47 Å². The zero-order valence-electron chi connectivity index (χ0n) is 20.3. The minimum Gasteiger partial charge on any atom is -0.485 e. The molecule has 3 aromatic rings. The van der Waals surface area contributed by atoms with Gasteiger partial charge in [0.1, 0.15) is 19.3 Å². The maximum Gasteiger partial charge on any atom is 0.357 e. The summed E-state index contributed by atoms with van der Waals surface area (Å²) in [7, 11) is 0. The van der Waals surface area contributed by atoms with Crippen LogP contribution in [0.25, 0.3) is 0 Å². The summed E-state index contributed by atoms with van der Waals surface area (Å²) in [6.45, 7) is 0.287. The van der Waals surface area contributed by atoms with E-state index in [9.17, 15) is 19.8 Å². The smallest absolute Gasteiger partial charge is 0.357 e. The Bertz CT molecular complexity index is 1340. The lowest BCUT2D eigenvalue weighted by Crippen LogP contribution is -2.60. The third-order valence-electron chi connectivity index (χ3n) is 7.26. The molecule has 3 aromatic carbocycles. The highest BCUT2D eigenvalue weighted by Gasteiger charge is 2.80. The SMILES string of the molecule is O=C1C[C@H](c2ccc(OCc3ccccc3)c(OCc3ccccc3)c2)[C@@]2(O1)C(=O)O[C@@H]1[C@@H](O)CO[C@@]12O. The zero-order chi connectivity index (χ0) is 26.3. The molecular formula is C29H26O9. The van der Waals surface area contributed by atoms with Crippen molar-refractivity contribution in [2.45, 2.75) is 49.1 Å². The van der Waals surface area contributed by atoms with Crippen molar-refractivity contribution in [3.8, 4) is 11.5 Å². The Morgan fingerprint density at radius 2 is 1.50 bits per heavy atom. The Balaban J connectivity index is 1.35. The van der Waals surface area contributed by atoms with Crippen molar-refractivity contribution >= 4 is 11.9 Å². The lowest BCUT2D eigenvalue weighted by Gasteiger charge is -2.35. The molecule has 5 atom stereocenters. The second-order valence-corrected chi connectivity index (χ2v) is 9.62. The summed E-state index contributed by atoms with van der Waals surface area (Å²) in [6, 6.07) is 24.3. The van der Waals surface area contributed by atoms with E-state index >= 15 is 0 Å². The van der Waals surface area contributed by atoms with E-state index < -0.39 is 41.5 Å². The van der Waals surface area contributed by atoms with Crippen LogP contribution in [0.4, 0.5) is 0 Å². The van der Waals surface area contributed by atoms with E-state index in [1.165, 1.54) is 0 Å². The van der Waals surface area contributed by atoms with E-state index in [0.29, 0.717) is 23.7 Å². The fraction of sp³-hybridized carbons (Fsp3) is 0.310. The van der Waals surface area contributed by atoms with Crippen LogP contribution >= 0.6 is 0 Å². The van der Waals surface area contributed by atoms with E-state index in [2.05, 4.69) is 0 Å². The lowest BCUT2D eigenvalue weighted by molar-refractivity contribution is -0.264. The molecule has 6 rings (SSSR count). The second kappa shape index (κ2) is 9.43. The van der Waals surface area contributed by atoms with Crippen LogP contribution in [0.15, 0.2) is 78.9 Å². The van der Waals surface area contributed by atoms with Gasteiger partial charge in [-0.2, -0.15) is 0 Å². The summed E-state index contributed by atoms with van der Waals surface area (Å²) in [5, 5.41) is 21.6. The van der Waals surface area contributed by atoms with Gasteiger partial charge in [0, 0.05) is 0 Å². The Hall–Kier alpha value is -3.92. The molecule has 0 amide bonds. The molecule has 0 radical (unpaired) electrons. The first kappa shape index (κ1) is 24.4. The first-order valence-electron chi connectivity index (χ1n) is 12.4. The van der Waals surface area contributed by atoms with Crippen molar-refractivity contribution < 1.29 is 43.5 Å². The van der Waals surface area contributed by atoms with E-state index in [1.54, 1.807) is 18.2 Å². The molecule has 3 saturated heterocycles. The minimum atomic E-state index is -2.33. The van der Waals surface area contributed by atoms with Crippen LogP contribution in [-0.4, -0.2) is 52.4 Å². The van der Waals surface area contributed by atoms with Crippen molar-refractivity contribution in [1.82, 2.24) is 0 Å². The van der Waals surface area contributed by atoms with Crippen molar-refractivity contribution in [1.29, 1.82) is 0 Å². The monoisotopic (exact) mass is 518 g/mol. The maximum atomic E-state index is 13.1. The summed E-state index contributed by atoms with van der Waals surface area (Å²) in [4.78, 5) is 25.7.